The summed E-state index contributed by atoms with van der Waals surface area (Å²) in [5.74, 6) is 0.443. The van der Waals surface area contributed by atoms with Crippen LogP contribution in [0.4, 0.5) is 6.01 Å². The number of amides is 1. The first-order valence-corrected chi connectivity index (χ1v) is 9.93. The summed E-state index contributed by atoms with van der Waals surface area (Å²) in [5, 5.41) is 10.1. The summed E-state index contributed by atoms with van der Waals surface area (Å²) >= 11 is 0. The second-order valence-electron chi connectivity index (χ2n) is 5.67. The zero-order valence-corrected chi connectivity index (χ0v) is 15.3. The van der Waals surface area contributed by atoms with E-state index in [4.69, 9.17) is 9.15 Å². The van der Waals surface area contributed by atoms with Gasteiger partial charge in [-0.2, -0.15) is 0 Å². The molecule has 0 radical (unpaired) electrons. The third kappa shape index (κ3) is 5.14. The van der Waals surface area contributed by atoms with Crippen molar-refractivity contribution in [1.29, 1.82) is 0 Å². The van der Waals surface area contributed by atoms with Crippen LogP contribution in [0.2, 0.25) is 0 Å². The minimum absolute atomic E-state index is 0.0699. The third-order valence-corrected chi connectivity index (χ3v) is 4.63. The van der Waals surface area contributed by atoms with Gasteiger partial charge in [-0.05, 0) is 30.3 Å². The number of carbonyl (C=O) groups excluding carboxylic acids is 1. The summed E-state index contributed by atoms with van der Waals surface area (Å²) in [6, 6.07) is 15.2. The standard InChI is InChI=1S/C18H17N3O5S/c1-27(23,24)15-9-5-6-13(12-15)17-20-21-18(26-17)19-16(22)10-11-25-14-7-3-2-4-8-14/h2-9,12H,10-11H2,1H3,(H,19,21,22). The number of sulfone groups is 1. The van der Waals surface area contributed by atoms with Gasteiger partial charge in [0.15, 0.2) is 9.84 Å². The monoisotopic (exact) mass is 387 g/mol. The first kappa shape index (κ1) is 18.6. The lowest BCUT2D eigenvalue weighted by molar-refractivity contribution is -0.116. The van der Waals surface area contributed by atoms with Crippen LogP contribution in [0.3, 0.4) is 0 Å². The van der Waals surface area contributed by atoms with E-state index >= 15 is 0 Å². The van der Waals surface area contributed by atoms with E-state index in [9.17, 15) is 13.2 Å². The topological polar surface area (TPSA) is 111 Å². The Kier molecular flexibility index (Phi) is 5.51. The highest BCUT2D eigenvalue weighted by Gasteiger charge is 2.14. The van der Waals surface area contributed by atoms with Gasteiger partial charge in [0.05, 0.1) is 17.9 Å². The van der Waals surface area contributed by atoms with E-state index in [2.05, 4.69) is 15.5 Å². The molecule has 0 aliphatic heterocycles. The minimum atomic E-state index is -3.35. The van der Waals surface area contributed by atoms with Crippen molar-refractivity contribution in [3.8, 4) is 17.2 Å². The Labute approximate surface area is 156 Å². The molecule has 0 spiro atoms. The molecule has 140 valence electrons. The molecular formula is C18H17N3O5S. The number of hydrogen-bond donors (Lipinski definition) is 1. The Bertz CT molecular complexity index is 1030. The molecule has 0 aliphatic carbocycles. The molecule has 1 amide bonds. The average molecular weight is 387 g/mol. The normalized spacial score (nSPS) is 11.1. The second kappa shape index (κ2) is 8.00. The van der Waals surface area contributed by atoms with Gasteiger partial charge in [0.1, 0.15) is 5.75 Å². The molecule has 1 aromatic heterocycles. The fraction of sp³-hybridized carbons (Fsp3) is 0.167. The fourth-order valence-electron chi connectivity index (χ4n) is 2.21. The summed E-state index contributed by atoms with van der Waals surface area (Å²) in [5.41, 5.74) is 0.443. The van der Waals surface area contributed by atoms with Crippen molar-refractivity contribution >= 4 is 21.8 Å². The van der Waals surface area contributed by atoms with Gasteiger partial charge in [0.2, 0.25) is 11.8 Å². The molecule has 27 heavy (non-hydrogen) atoms. The van der Waals surface area contributed by atoms with Gasteiger partial charge in [0.25, 0.3) is 0 Å². The predicted octanol–water partition coefficient (Wildman–Crippen LogP) is 2.55. The quantitative estimate of drug-likeness (QED) is 0.663. The van der Waals surface area contributed by atoms with Gasteiger partial charge in [-0.25, -0.2) is 8.42 Å². The molecule has 0 saturated heterocycles. The molecule has 0 atom stereocenters. The van der Waals surface area contributed by atoms with Gasteiger partial charge in [-0.15, -0.1) is 5.10 Å². The maximum atomic E-state index is 11.9. The highest BCUT2D eigenvalue weighted by molar-refractivity contribution is 7.90. The number of anilines is 1. The second-order valence-corrected chi connectivity index (χ2v) is 7.69. The van der Waals surface area contributed by atoms with Gasteiger partial charge in [-0.3, -0.25) is 10.1 Å². The first-order chi connectivity index (χ1) is 12.9. The van der Waals surface area contributed by atoms with Crippen molar-refractivity contribution in [2.24, 2.45) is 0 Å². The van der Waals surface area contributed by atoms with E-state index in [1.54, 1.807) is 24.3 Å². The Morgan fingerprint density at radius 2 is 1.89 bits per heavy atom. The molecule has 2 aromatic carbocycles. The number of aromatic nitrogens is 2. The number of para-hydroxylation sites is 1. The first-order valence-electron chi connectivity index (χ1n) is 8.03. The van der Waals surface area contributed by atoms with Crippen molar-refractivity contribution in [2.75, 3.05) is 18.2 Å². The SMILES string of the molecule is CS(=O)(=O)c1cccc(-c2nnc(NC(=O)CCOc3ccccc3)o2)c1. The number of benzene rings is 2. The van der Waals surface area contributed by atoms with Gasteiger partial charge < -0.3 is 9.15 Å². The number of hydrogen-bond acceptors (Lipinski definition) is 7. The van der Waals surface area contributed by atoms with Gasteiger partial charge in [-0.1, -0.05) is 29.4 Å². The van der Waals surface area contributed by atoms with Crippen LogP contribution < -0.4 is 10.1 Å². The Morgan fingerprint density at radius 3 is 2.63 bits per heavy atom. The Balaban J connectivity index is 1.58. The lowest BCUT2D eigenvalue weighted by atomic mass is 10.2. The van der Waals surface area contributed by atoms with Crippen LogP contribution in [0.15, 0.2) is 63.9 Å². The fourth-order valence-corrected chi connectivity index (χ4v) is 2.88. The summed E-state index contributed by atoms with van der Waals surface area (Å²) in [6.45, 7) is 0.202. The lowest BCUT2D eigenvalue weighted by Crippen LogP contribution is -2.15. The van der Waals surface area contributed by atoms with E-state index < -0.39 is 9.84 Å². The summed E-state index contributed by atoms with van der Waals surface area (Å²) in [4.78, 5) is 12.1. The summed E-state index contributed by atoms with van der Waals surface area (Å²) in [7, 11) is -3.35. The highest BCUT2D eigenvalue weighted by atomic mass is 32.2. The molecule has 3 aromatic rings. The van der Waals surface area contributed by atoms with E-state index in [1.165, 1.54) is 12.1 Å². The van der Waals surface area contributed by atoms with E-state index in [0.717, 1.165) is 6.26 Å². The highest BCUT2D eigenvalue weighted by Crippen LogP contribution is 2.22. The smallest absolute Gasteiger partial charge is 0.322 e. The Hall–Kier alpha value is -3.20. The molecule has 3 rings (SSSR count). The number of ether oxygens (including phenoxy) is 1. The van der Waals surface area contributed by atoms with Crippen molar-refractivity contribution < 1.29 is 22.4 Å². The van der Waals surface area contributed by atoms with Gasteiger partial charge >= 0.3 is 6.01 Å². The predicted molar refractivity (Wildman–Crippen MR) is 98.0 cm³/mol. The molecule has 8 nitrogen and oxygen atoms in total. The molecule has 0 aliphatic rings. The summed E-state index contributed by atoms with van der Waals surface area (Å²) in [6.07, 6.45) is 1.22. The molecule has 0 fully saturated rings. The molecular weight excluding hydrogens is 370 g/mol. The van der Waals surface area contributed by atoms with Crippen LogP contribution in [-0.4, -0.2) is 37.4 Å². The van der Waals surface area contributed by atoms with Crippen LogP contribution in [0, 0.1) is 0 Å². The van der Waals surface area contributed by atoms with Crippen LogP contribution in [-0.2, 0) is 14.6 Å². The average Bonchev–Trinajstić information content (AvgIpc) is 3.10. The number of carbonyl (C=O) groups is 1. The largest absolute Gasteiger partial charge is 0.493 e. The van der Waals surface area contributed by atoms with Crippen LogP contribution in [0.5, 0.6) is 5.75 Å². The molecule has 1 N–H and O–H groups in total. The van der Waals surface area contributed by atoms with Crippen molar-refractivity contribution in [1.82, 2.24) is 10.2 Å². The van der Waals surface area contributed by atoms with E-state index in [-0.39, 0.29) is 35.7 Å². The summed E-state index contributed by atoms with van der Waals surface area (Å²) < 4.78 is 34.1. The number of nitrogens with zero attached hydrogens (tertiary/aromatic N) is 2. The third-order valence-electron chi connectivity index (χ3n) is 3.52. The van der Waals surface area contributed by atoms with Crippen molar-refractivity contribution in [2.45, 2.75) is 11.3 Å². The van der Waals surface area contributed by atoms with E-state index in [0.29, 0.717) is 11.3 Å². The van der Waals surface area contributed by atoms with Crippen LogP contribution >= 0.6 is 0 Å². The van der Waals surface area contributed by atoms with Crippen molar-refractivity contribution in [3.63, 3.8) is 0 Å². The molecule has 0 bridgehead atoms. The molecule has 1 heterocycles. The lowest BCUT2D eigenvalue weighted by Gasteiger charge is -2.05. The molecule has 0 unspecified atom stereocenters. The molecule has 0 saturated carbocycles. The van der Waals surface area contributed by atoms with Crippen LogP contribution in [0.25, 0.3) is 11.5 Å². The van der Waals surface area contributed by atoms with Gasteiger partial charge in [0, 0.05) is 11.8 Å². The zero-order valence-electron chi connectivity index (χ0n) is 14.5. The van der Waals surface area contributed by atoms with E-state index in [1.807, 2.05) is 18.2 Å². The zero-order chi connectivity index (χ0) is 19.3. The maximum absolute atomic E-state index is 11.9. The Morgan fingerprint density at radius 1 is 1.11 bits per heavy atom. The molecule has 9 heteroatoms. The maximum Gasteiger partial charge on any atom is 0.322 e. The number of nitrogens with one attached hydrogen (secondary N) is 1. The minimum Gasteiger partial charge on any atom is -0.493 e. The van der Waals surface area contributed by atoms with Crippen LogP contribution in [0.1, 0.15) is 6.42 Å². The van der Waals surface area contributed by atoms with Crippen molar-refractivity contribution in [3.05, 3.63) is 54.6 Å². The number of rotatable bonds is 7.